The van der Waals surface area contributed by atoms with Crippen molar-refractivity contribution in [2.24, 2.45) is 0 Å². The van der Waals surface area contributed by atoms with Crippen LogP contribution in [0.3, 0.4) is 0 Å². The summed E-state index contributed by atoms with van der Waals surface area (Å²) in [6.45, 7) is 4.04. The van der Waals surface area contributed by atoms with Crippen molar-refractivity contribution in [3.05, 3.63) is 23.8 Å². The van der Waals surface area contributed by atoms with Gasteiger partial charge < -0.3 is 9.47 Å². The van der Waals surface area contributed by atoms with E-state index in [1.807, 2.05) is 25.1 Å². The summed E-state index contributed by atoms with van der Waals surface area (Å²) < 4.78 is 10.6. The van der Waals surface area contributed by atoms with Crippen molar-refractivity contribution in [3.8, 4) is 11.5 Å². The number of alkyl halides is 1. The molecule has 0 amide bonds. The van der Waals surface area contributed by atoms with Gasteiger partial charge in [0, 0.05) is 16.9 Å². The predicted octanol–water partition coefficient (Wildman–Crippen LogP) is 3.43. The van der Waals surface area contributed by atoms with Crippen LogP contribution in [0, 0.1) is 0 Å². The minimum atomic E-state index is 0.0372. The normalized spacial score (nSPS) is 14.5. The average molecular weight is 229 g/mol. The van der Waals surface area contributed by atoms with Gasteiger partial charge in [-0.3, -0.25) is 0 Å². The van der Waals surface area contributed by atoms with E-state index in [2.05, 4.69) is 6.92 Å². The highest BCUT2D eigenvalue weighted by atomic mass is 35.5. The molecule has 0 aromatic heterocycles. The SMILES string of the molecule is COc1cccc(OC)c1C(C)C(C)Cl. The van der Waals surface area contributed by atoms with E-state index < -0.39 is 0 Å². The monoisotopic (exact) mass is 228 g/mol. The van der Waals surface area contributed by atoms with Crippen molar-refractivity contribution < 1.29 is 9.47 Å². The minimum Gasteiger partial charge on any atom is -0.496 e. The van der Waals surface area contributed by atoms with Crippen molar-refractivity contribution >= 4 is 11.6 Å². The Kier molecular flexibility index (Phi) is 4.28. The molecule has 0 fully saturated rings. The Morgan fingerprint density at radius 3 is 1.87 bits per heavy atom. The Balaban J connectivity index is 3.21. The number of benzene rings is 1. The minimum absolute atomic E-state index is 0.0372. The van der Waals surface area contributed by atoms with Gasteiger partial charge in [-0.2, -0.15) is 0 Å². The Hall–Kier alpha value is -0.890. The smallest absolute Gasteiger partial charge is 0.126 e. The molecule has 15 heavy (non-hydrogen) atoms. The molecule has 2 atom stereocenters. The zero-order valence-electron chi connectivity index (χ0n) is 9.58. The second-order valence-electron chi connectivity index (χ2n) is 3.54. The molecule has 0 aliphatic rings. The van der Waals surface area contributed by atoms with Crippen molar-refractivity contribution in [2.75, 3.05) is 14.2 Å². The molecule has 0 saturated heterocycles. The quantitative estimate of drug-likeness (QED) is 0.735. The van der Waals surface area contributed by atoms with E-state index in [1.165, 1.54) is 0 Å². The molecular formula is C12H17ClO2. The maximum Gasteiger partial charge on any atom is 0.126 e. The lowest BCUT2D eigenvalue weighted by atomic mass is 9.96. The Bertz CT molecular complexity index is 301. The molecule has 0 aliphatic heterocycles. The van der Waals surface area contributed by atoms with E-state index in [9.17, 15) is 0 Å². The first-order valence-electron chi connectivity index (χ1n) is 4.96. The molecule has 0 aliphatic carbocycles. The molecule has 0 N–H and O–H groups in total. The number of hydrogen-bond acceptors (Lipinski definition) is 2. The van der Waals surface area contributed by atoms with Crippen molar-refractivity contribution in [1.29, 1.82) is 0 Å². The van der Waals surface area contributed by atoms with Crippen LogP contribution in [-0.4, -0.2) is 19.6 Å². The Morgan fingerprint density at radius 1 is 1.07 bits per heavy atom. The first-order valence-corrected chi connectivity index (χ1v) is 5.40. The third kappa shape index (κ3) is 2.57. The fraction of sp³-hybridized carbons (Fsp3) is 0.500. The van der Waals surface area contributed by atoms with Gasteiger partial charge >= 0.3 is 0 Å². The highest BCUT2D eigenvalue weighted by Gasteiger charge is 2.20. The zero-order chi connectivity index (χ0) is 11.4. The molecule has 84 valence electrons. The fourth-order valence-electron chi connectivity index (χ4n) is 1.56. The van der Waals surface area contributed by atoms with Gasteiger partial charge in [0.1, 0.15) is 11.5 Å². The van der Waals surface area contributed by atoms with Crippen LogP contribution in [0.2, 0.25) is 0 Å². The third-order valence-electron chi connectivity index (χ3n) is 2.61. The molecule has 1 aromatic rings. The molecule has 2 nitrogen and oxygen atoms in total. The standard InChI is InChI=1S/C12H17ClO2/c1-8(9(2)13)12-10(14-3)6-5-7-11(12)15-4/h5-9H,1-4H3. The zero-order valence-corrected chi connectivity index (χ0v) is 10.3. The van der Waals surface area contributed by atoms with Gasteiger partial charge in [0.15, 0.2) is 0 Å². The van der Waals surface area contributed by atoms with Crippen LogP contribution in [-0.2, 0) is 0 Å². The molecular weight excluding hydrogens is 212 g/mol. The van der Waals surface area contributed by atoms with E-state index >= 15 is 0 Å². The maximum atomic E-state index is 6.11. The molecule has 1 rings (SSSR count). The predicted molar refractivity (Wildman–Crippen MR) is 63.3 cm³/mol. The highest BCUT2D eigenvalue weighted by molar-refractivity contribution is 6.20. The third-order valence-corrected chi connectivity index (χ3v) is 2.99. The summed E-state index contributed by atoms with van der Waals surface area (Å²) in [5, 5.41) is 0.0372. The van der Waals surface area contributed by atoms with Crippen LogP contribution in [0.25, 0.3) is 0 Å². The number of hydrogen-bond donors (Lipinski definition) is 0. The van der Waals surface area contributed by atoms with Crippen LogP contribution in [0.15, 0.2) is 18.2 Å². The summed E-state index contributed by atoms with van der Waals surface area (Å²) in [5.41, 5.74) is 1.03. The average Bonchev–Trinajstić information content (AvgIpc) is 2.26. The van der Waals surface area contributed by atoms with Crippen LogP contribution >= 0.6 is 11.6 Å². The summed E-state index contributed by atoms with van der Waals surface area (Å²) in [6, 6.07) is 5.76. The van der Waals surface area contributed by atoms with Gasteiger partial charge in [-0.05, 0) is 19.1 Å². The maximum absolute atomic E-state index is 6.11. The van der Waals surface area contributed by atoms with Crippen LogP contribution < -0.4 is 9.47 Å². The summed E-state index contributed by atoms with van der Waals surface area (Å²) in [4.78, 5) is 0. The molecule has 2 unspecified atom stereocenters. The van der Waals surface area contributed by atoms with Gasteiger partial charge in [0.25, 0.3) is 0 Å². The summed E-state index contributed by atoms with van der Waals surface area (Å²) >= 11 is 6.11. The number of halogens is 1. The van der Waals surface area contributed by atoms with Crippen LogP contribution in [0.4, 0.5) is 0 Å². The molecule has 3 heteroatoms. The van der Waals surface area contributed by atoms with E-state index in [0.717, 1.165) is 17.1 Å². The van der Waals surface area contributed by atoms with Crippen molar-refractivity contribution in [2.45, 2.75) is 25.1 Å². The Labute approximate surface area is 96.2 Å². The van der Waals surface area contributed by atoms with E-state index in [0.29, 0.717) is 0 Å². The van der Waals surface area contributed by atoms with Gasteiger partial charge in [-0.1, -0.05) is 13.0 Å². The van der Waals surface area contributed by atoms with E-state index in [-0.39, 0.29) is 11.3 Å². The lowest BCUT2D eigenvalue weighted by Crippen LogP contribution is -2.08. The summed E-state index contributed by atoms with van der Waals surface area (Å²) in [6.07, 6.45) is 0. The second kappa shape index (κ2) is 5.26. The molecule has 0 bridgehead atoms. The van der Waals surface area contributed by atoms with Gasteiger partial charge in [0.2, 0.25) is 0 Å². The topological polar surface area (TPSA) is 18.5 Å². The largest absolute Gasteiger partial charge is 0.496 e. The number of rotatable bonds is 4. The van der Waals surface area contributed by atoms with Crippen molar-refractivity contribution in [1.82, 2.24) is 0 Å². The molecule has 0 saturated carbocycles. The first kappa shape index (κ1) is 12.2. The molecule has 0 heterocycles. The fourth-order valence-corrected chi connectivity index (χ4v) is 1.68. The molecule has 0 spiro atoms. The van der Waals surface area contributed by atoms with Gasteiger partial charge in [-0.15, -0.1) is 11.6 Å². The van der Waals surface area contributed by atoms with Crippen LogP contribution in [0.5, 0.6) is 11.5 Å². The van der Waals surface area contributed by atoms with E-state index in [4.69, 9.17) is 21.1 Å². The second-order valence-corrected chi connectivity index (χ2v) is 4.23. The first-order chi connectivity index (χ1) is 7.11. The summed E-state index contributed by atoms with van der Waals surface area (Å²) in [5.74, 6) is 1.85. The van der Waals surface area contributed by atoms with E-state index in [1.54, 1.807) is 14.2 Å². The Morgan fingerprint density at radius 2 is 1.53 bits per heavy atom. The van der Waals surface area contributed by atoms with Gasteiger partial charge in [-0.25, -0.2) is 0 Å². The van der Waals surface area contributed by atoms with Gasteiger partial charge in [0.05, 0.1) is 14.2 Å². The summed E-state index contributed by atoms with van der Waals surface area (Å²) in [7, 11) is 3.31. The molecule has 1 aromatic carbocycles. The highest BCUT2D eigenvalue weighted by Crippen LogP contribution is 2.37. The molecule has 0 radical (unpaired) electrons. The van der Waals surface area contributed by atoms with Crippen LogP contribution in [0.1, 0.15) is 25.3 Å². The van der Waals surface area contributed by atoms with Crippen molar-refractivity contribution in [3.63, 3.8) is 0 Å². The lowest BCUT2D eigenvalue weighted by molar-refractivity contribution is 0.380. The number of ether oxygens (including phenoxy) is 2. The number of methoxy groups -OCH3 is 2. The lowest BCUT2D eigenvalue weighted by Gasteiger charge is -2.20.